The van der Waals surface area contributed by atoms with Gasteiger partial charge < -0.3 is 9.62 Å². The Morgan fingerprint density at radius 2 is 1.53 bits per heavy atom. The van der Waals surface area contributed by atoms with E-state index in [1.54, 1.807) is 6.07 Å². The van der Waals surface area contributed by atoms with Crippen molar-refractivity contribution in [3.05, 3.63) is 108 Å². The average molecular weight is 388 g/mol. The minimum Gasteiger partial charge on any atom is -0.454 e. The van der Waals surface area contributed by atoms with Crippen LogP contribution < -0.4 is 5.36 Å². The molecule has 0 radical (unpaired) electrons. The molecular weight excluding hydrogens is 372 g/mol. The van der Waals surface area contributed by atoms with E-state index in [4.69, 9.17) is 4.42 Å². The lowest BCUT2D eigenvalue weighted by molar-refractivity contribution is 0.302. The fraction of sp³-hybridized carbons (Fsp3) is 0. The fourth-order valence-electron chi connectivity index (χ4n) is 3.34. The van der Waals surface area contributed by atoms with E-state index >= 15 is 0 Å². The first-order valence-electron chi connectivity index (χ1n) is 9.48. The normalized spacial score (nSPS) is 11.4. The predicted octanol–water partition coefficient (Wildman–Crippen LogP) is 5.34. The second-order valence-electron chi connectivity index (χ2n) is 6.84. The van der Waals surface area contributed by atoms with Gasteiger partial charge in [-0.2, -0.15) is 0 Å². The third-order valence-electron chi connectivity index (χ3n) is 4.86. The molecule has 0 amide bonds. The summed E-state index contributed by atoms with van der Waals surface area (Å²) < 4.78 is 6.13. The lowest BCUT2D eigenvalue weighted by Crippen LogP contribution is -2.04. The number of hydrogen-bond acceptors (Lipinski definition) is 4. The maximum absolute atomic E-state index is 9.54. The zero-order valence-electron chi connectivity index (χ0n) is 15.9. The van der Waals surface area contributed by atoms with Crippen molar-refractivity contribution in [2.75, 3.05) is 0 Å². The topological polar surface area (TPSA) is 58.6 Å². The third kappa shape index (κ3) is 3.41. The molecular formula is C26H16N2O2. The highest BCUT2D eigenvalue weighted by Crippen LogP contribution is 2.24. The van der Waals surface area contributed by atoms with Gasteiger partial charge >= 0.3 is 0 Å². The number of hydrogen-bond donors (Lipinski definition) is 1. The molecule has 0 spiro atoms. The van der Waals surface area contributed by atoms with Crippen LogP contribution in [0.3, 0.4) is 0 Å². The Hall–Kier alpha value is -4.36. The van der Waals surface area contributed by atoms with Crippen molar-refractivity contribution >= 4 is 21.7 Å². The van der Waals surface area contributed by atoms with Crippen LogP contribution in [0.25, 0.3) is 33.2 Å². The van der Waals surface area contributed by atoms with Crippen LogP contribution in [-0.4, -0.2) is 10.2 Å². The first-order valence-corrected chi connectivity index (χ1v) is 9.48. The van der Waals surface area contributed by atoms with Crippen LogP contribution in [-0.2, 0) is 0 Å². The molecule has 0 unspecified atom stereocenters. The second kappa shape index (κ2) is 7.57. The molecule has 0 bridgehead atoms. The van der Waals surface area contributed by atoms with Gasteiger partial charge in [0.05, 0.1) is 0 Å². The van der Waals surface area contributed by atoms with Gasteiger partial charge in [-0.05, 0) is 41.8 Å². The molecule has 0 fully saturated rings. The minimum atomic E-state index is 0.420. The van der Waals surface area contributed by atoms with Gasteiger partial charge in [0.15, 0.2) is 5.76 Å². The van der Waals surface area contributed by atoms with Crippen LogP contribution in [0.15, 0.2) is 101 Å². The van der Waals surface area contributed by atoms with Gasteiger partial charge in [-0.3, -0.25) is 4.98 Å². The number of nitrogens with zero attached hydrogens (tertiary/aromatic N) is 2. The van der Waals surface area contributed by atoms with Gasteiger partial charge in [0.1, 0.15) is 16.6 Å². The van der Waals surface area contributed by atoms with Crippen LogP contribution in [0, 0.1) is 11.8 Å². The fourth-order valence-corrected chi connectivity index (χ4v) is 3.34. The molecule has 142 valence electrons. The lowest BCUT2D eigenvalue weighted by Gasteiger charge is -2.05. The summed E-state index contributed by atoms with van der Waals surface area (Å²) in [5.41, 5.74) is 2.99. The van der Waals surface area contributed by atoms with E-state index in [1.165, 1.54) is 0 Å². The van der Waals surface area contributed by atoms with E-state index in [1.807, 2.05) is 85.1 Å². The second-order valence-corrected chi connectivity index (χ2v) is 6.84. The molecule has 0 saturated carbocycles. The molecule has 2 aromatic heterocycles. The quantitative estimate of drug-likeness (QED) is 0.240. The van der Waals surface area contributed by atoms with Crippen LogP contribution in [0.2, 0.25) is 0 Å². The van der Waals surface area contributed by atoms with Gasteiger partial charge in [0, 0.05) is 34.2 Å². The number of aromatic nitrogens is 1. The zero-order chi connectivity index (χ0) is 20.3. The first-order chi connectivity index (χ1) is 14.8. The Bertz CT molecular complexity index is 1510. The Morgan fingerprint density at radius 1 is 0.767 bits per heavy atom. The van der Waals surface area contributed by atoms with Crippen molar-refractivity contribution in [2.24, 2.45) is 5.16 Å². The van der Waals surface area contributed by atoms with Crippen molar-refractivity contribution in [1.29, 1.82) is 0 Å². The van der Waals surface area contributed by atoms with Gasteiger partial charge in [-0.1, -0.05) is 59.5 Å². The summed E-state index contributed by atoms with van der Waals surface area (Å²) in [5, 5.41) is 16.2. The molecule has 3 aromatic carbocycles. The van der Waals surface area contributed by atoms with Crippen LogP contribution in [0.5, 0.6) is 0 Å². The van der Waals surface area contributed by atoms with Crippen molar-refractivity contribution in [3.63, 3.8) is 0 Å². The SMILES string of the molecule is ON=c1cc(-c2cc3ccccc3cn2)oc2cc(C#Cc3ccccc3)ccc12. The maximum atomic E-state index is 9.54. The largest absolute Gasteiger partial charge is 0.454 e. The van der Waals surface area contributed by atoms with Crippen molar-refractivity contribution in [3.8, 4) is 23.3 Å². The molecule has 5 aromatic rings. The maximum Gasteiger partial charge on any atom is 0.155 e. The summed E-state index contributed by atoms with van der Waals surface area (Å²) in [4.78, 5) is 4.51. The molecule has 0 aliphatic carbocycles. The van der Waals surface area contributed by atoms with Gasteiger partial charge in [0.2, 0.25) is 0 Å². The lowest BCUT2D eigenvalue weighted by atomic mass is 10.1. The number of benzene rings is 3. The molecule has 0 saturated heterocycles. The molecule has 2 heterocycles. The molecule has 0 aliphatic heterocycles. The number of pyridine rings is 1. The highest BCUT2D eigenvalue weighted by atomic mass is 16.4. The Morgan fingerprint density at radius 3 is 2.37 bits per heavy atom. The molecule has 4 nitrogen and oxygen atoms in total. The van der Waals surface area contributed by atoms with Gasteiger partial charge in [-0.15, -0.1) is 0 Å². The Balaban J connectivity index is 1.63. The van der Waals surface area contributed by atoms with Crippen LogP contribution in [0.1, 0.15) is 11.1 Å². The predicted molar refractivity (Wildman–Crippen MR) is 117 cm³/mol. The zero-order valence-corrected chi connectivity index (χ0v) is 15.9. The molecule has 0 aliphatic rings. The highest BCUT2D eigenvalue weighted by molar-refractivity contribution is 5.85. The molecule has 4 heteroatoms. The minimum absolute atomic E-state index is 0.420. The van der Waals surface area contributed by atoms with Crippen molar-refractivity contribution in [2.45, 2.75) is 0 Å². The Labute approximate surface area is 172 Å². The summed E-state index contributed by atoms with van der Waals surface area (Å²) >= 11 is 0. The van der Waals surface area contributed by atoms with Crippen LogP contribution in [0.4, 0.5) is 0 Å². The summed E-state index contributed by atoms with van der Waals surface area (Å²) in [5.74, 6) is 6.82. The molecule has 1 N–H and O–H groups in total. The van der Waals surface area contributed by atoms with Gasteiger partial charge in [0.25, 0.3) is 0 Å². The third-order valence-corrected chi connectivity index (χ3v) is 4.86. The van der Waals surface area contributed by atoms with Gasteiger partial charge in [-0.25, -0.2) is 0 Å². The van der Waals surface area contributed by atoms with Crippen LogP contribution >= 0.6 is 0 Å². The summed E-state index contributed by atoms with van der Waals surface area (Å²) in [6.07, 6.45) is 1.81. The van der Waals surface area contributed by atoms with E-state index in [0.29, 0.717) is 27.8 Å². The average Bonchev–Trinajstić information content (AvgIpc) is 2.82. The summed E-state index contributed by atoms with van der Waals surface area (Å²) in [6.45, 7) is 0. The Kier molecular flexibility index (Phi) is 4.47. The standard InChI is InChI=1S/C26H16N2O2/c29-28-23-16-26(24-15-20-8-4-5-9-21(20)17-27-24)30-25-14-19(12-13-22(23)25)11-10-18-6-2-1-3-7-18/h1-9,12-17,29H. The number of fused-ring (bicyclic) bond motifs is 2. The molecule has 30 heavy (non-hydrogen) atoms. The van der Waals surface area contributed by atoms with Crippen molar-refractivity contribution < 1.29 is 9.62 Å². The van der Waals surface area contributed by atoms with E-state index < -0.39 is 0 Å². The van der Waals surface area contributed by atoms with E-state index in [9.17, 15) is 5.21 Å². The molecule has 0 atom stereocenters. The number of rotatable bonds is 1. The summed E-state index contributed by atoms with van der Waals surface area (Å²) in [6, 6.07) is 27.0. The van der Waals surface area contributed by atoms with E-state index in [-0.39, 0.29) is 0 Å². The smallest absolute Gasteiger partial charge is 0.155 e. The van der Waals surface area contributed by atoms with Crippen molar-refractivity contribution in [1.82, 2.24) is 4.98 Å². The highest BCUT2D eigenvalue weighted by Gasteiger charge is 2.09. The van der Waals surface area contributed by atoms with E-state index in [2.05, 4.69) is 22.0 Å². The molecule has 5 rings (SSSR count). The summed E-state index contributed by atoms with van der Waals surface area (Å²) in [7, 11) is 0. The first kappa shape index (κ1) is 17.7. The van der Waals surface area contributed by atoms with E-state index in [0.717, 1.165) is 21.9 Å². The monoisotopic (exact) mass is 388 g/mol.